The zero-order chi connectivity index (χ0) is 12.5. The van der Waals surface area contributed by atoms with Crippen LogP contribution >= 0.6 is 0 Å². The van der Waals surface area contributed by atoms with Crippen LogP contribution in [0.3, 0.4) is 0 Å². The summed E-state index contributed by atoms with van der Waals surface area (Å²) in [6, 6.07) is 6.80. The summed E-state index contributed by atoms with van der Waals surface area (Å²) in [7, 11) is -2.51. The van der Waals surface area contributed by atoms with Gasteiger partial charge in [-0.2, -0.15) is 8.42 Å². The molecule has 1 amide bonds. The molecule has 1 aromatic carbocycles. The quantitative estimate of drug-likeness (QED) is 0.674. The van der Waals surface area contributed by atoms with Gasteiger partial charge < -0.3 is 0 Å². The molecule has 0 saturated heterocycles. The van der Waals surface area contributed by atoms with Crippen LogP contribution in [-0.2, 0) is 21.5 Å². The third-order valence-electron chi connectivity index (χ3n) is 2.63. The second-order valence-corrected chi connectivity index (χ2v) is 5.31. The molecule has 7 heteroatoms. The van der Waals surface area contributed by atoms with Crippen LogP contribution < -0.4 is 14.8 Å². The molecule has 0 spiro atoms. The molecule has 0 bridgehead atoms. The molecule has 2 rings (SSSR count). The highest BCUT2D eigenvalue weighted by atomic mass is 32.2. The summed E-state index contributed by atoms with van der Waals surface area (Å²) >= 11 is 0. The molecule has 0 aromatic heterocycles. The molecule has 1 unspecified atom stereocenters. The molecule has 17 heavy (non-hydrogen) atoms. The summed E-state index contributed by atoms with van der Waals surface area (Å²) in [5, 5.41) is 2.96. The Morgan fingerprint density at radius 2 is 2.12 bits per heavy atom. The van der Waals surface area contributed by atoms with Gasteiger partial charge in [0.25, 0.3) is 5.91 Å². The van der Waals surface area contributed by atoms with E-state index in [-0.39, 0.29) is 0 Å². The van der Waals surface area contributed by atoms with E-state index < -0.39 is 22.2 Å². The molecule has 3 N–H and O–H groups in total. The fourth-order valence-electron chi connectivity index (χ4n) is 1.78. The monoisotopic (exact) mass is 255 g/mol. The van der Waals surface area contributed by atoms with Crippen molar-refractivity contribution in [3.63, 3.8) is 0 Å². The van der Waals surface area contributed by atoms with E-state index in [1.165, 1.54) is 7.05 Å². The summed E-state index contributed by atoms with van der Waals surface area (Å²) in [5.41, 5.74) is 1.82. The standard InChI is InChI=1S/C10H13N3O3S/c1-11-17(15,16)13-10(14)9-8-5-3-2-4-7(8)6-12-9/h2-5,9,11-12H,6H2,1H3,(H,13,14). The molecule has 1 aliphatic heterocycles. The Labute approximate surface area is 99.6 Å². The van der Waals surface area contributed by atoms with Gasteiger partial charge in [-0.1, -0.05) is 24.3 Å². The first-order chi connectivity index (χ1) is 8.03. The Balaban J connectivity index is 2.19. The second-order valence-electron chi connectivity index (χ2n) is 3.69. The van der Waals surface area contributed by atoms with Gasteiger partial charge in [-0.25, -0.2) is 9.44 Å². The predicted octanol–water partition coefficient (Wildman–Crippen LogP) is -0.589. The summed E-state index contributed by atoms with van der Waals surface area (Å²) in [5.74, 6) is -0.579. The van der Waals surface area contributed by atoms with Crippen molar-refractivity contribution in [2.45, 2.75) is 12.6 Å². The van der Waals surface area contributed by atoms with Crippen LogP contribution in [0.5, 0.6) is 0 Å². The van der Waals surface area contributed by atoms with E-state index in [1.54, 1.807) is 0 Å². The smallest absolute Gasteiger partial charge is 0.298 e. The highest BCUT2D eigenvalue weighted by molar-refractivity contribution is 7.88. The highest BCUT2D eigenvalue weighted by Crippen LogP contribution is 2.24. The Morgan fingerprint density at radius 1 is 1.41 bits per heavy atom. The molecule has 0 saturated carbocycles. The molecule has 1 heterocycles. The summed E-state index contributed by atoms with van der Waals surface area (Å²) in [6.45, 7) is 0.563. The average Bonchev–Trinajstić information content (AvgIpc) is 2.72. The van der Waals surface area contributed by atoms with E-state index in [2.05, 4.69) is 5.32 Å². The van der Waals surface area contributed by atoms with Gasteiger partial charge in [0.05, 0.1) is 0 Å². The summed E-state index contributed by atoms with van der Waals surface area (Å²) in [6.07, 6.45) is 0. The topological polar surface area (TPSA) is 87.3 Å². The molecular weight excluding hydrogens is 242 g/mol. The number of fused-ring (bicyclic) bond motifs is 1. The van der Waals surface area contributed by atoms with Crippen LogP contribution in [0, 0.1) is 0 Å². The Kier molecular flexibility index (Phi) is 3.14. The van der Waals surface area contributed by atoms with Crippen molar-refractivity contribution in [3.05, 3.63) is 35.4 Å². The number of amides is 1. The molecule has 0 radical (unpaired) electrons. The number of carbonyl (C=O) groups is 1. The minimum atomic E-state index is -3.75. The molecule has 1 aromatic rings. The SMILES string of the molecule is CNS(=O)(=O)NC(=O)C1NCc2ccccc21. The maximum atomic E-state index is 11.8. The largest absolute Gasteiger partial charge is 0.301 e. The van der Waals surface area contributed by atoms with Crippen LogP contribution in [0.4, 0.5) is 0 Å². The molecule has 92 valence electrons. The summed E-state index contributed by atoms with van der Waals surface area (Å²) in [4.78, 5) is 11.8. The van der Waals surface area contributed by atoms with Gasteiger partial charge in [-0.05, 0) is 11.1 Å². The van der Waals surface area contributed by atoms with Crippen LogP contribution in [0.25, 0.3) is 0 Å². The van der Waals surface area contributed by atoms with Crippen LogP contribution in [0.1, 0.15) is 17.2 Å². The van der Waals surface area contributed by atoms with Gasteiger partial charge in [0.2, 0.25) is 0 Å². The average molecular weight is 255 g/mol. The Morgan fingerprint density at radius 3 is 2.82 bits per heavy atom. The first-order valence-electron chi connectivity index (χ1n) is 5.10. The third-order valence-corrected chi connectivity index (χ3v) is 3.64. The van der Waals surface area contributed by atoms with E-state index in [4.69, 9.17) is 0 Å². The van der Waals surface area contributed by atoms with E-state index in [0.29, 0.717) is 6.54 Å². The van der Waals surface area contributed by atoms with Crippen molar-refractivity contribution >= 4 is 16.1 Å². The van der Waals surface area contributed by atoms with Crippen LogP contribution in [-0.4, -0.2) is 21.4 Å². The lowest BCUT2D eigenvalue weighted by molar-refractivity contribution is -0.121. The van der Waals surface area contributed by atoms with Gasteiger partial charge in [0.1, 0.15) is 6.04 Å². The lowest BCUT2D eigenvalue weighted by atomic mass is 10.1. The molecule has 0 aliphatic carbocycles. The van der Waals surface area contributed by atoms with Crippen LogP contribution in [0.15, 0.2) is 24.3 Å². The van der Waals surface area contributed by atoms with Crippen molar-refractivity contribution in [1.82, 2.24) is 14.8 Å². The lowest BCUT2D eigenvalue weighted by Crippen LogP contribution is -2.42. The number of hydrogen-bond donors (Lipinski definition) is 3. The van der Waals surface area contributed by atoms with E-state index in [1.807, 2.05) is 33.7 Å². The van der Waals surface area contributed by atoms with E-state index in [0.717, 1.165) is 11.1 Å². The number of hydrogen-bond acceptors (Lipinski definition) is 4. The normalized spacial score (nSPS) is 18.8. The van der Waals surface area contributed by atoms with Crippen LogP contribution in [0.2, 0.25) is 0 Å². The Bertz CT molecular complexity index is 541. The number of carbonyl (C=O) groups excluding carboxylic acids is 1. The van der Waals surface area contributed by atoms with Gasteiger partial charge in [0, 0.05) is 13.6 Å². The first-order valence-corrected chi connectivity index (χ1v) is 6.58. The number of benzene rings is 1. The Hall–Kier alpha value is -1.44. The van der Waals surface area contributed by atoms with Crippen molar-refractivity contribution in [2.24, 2.45) is 0 Å². The van der Waals surface area contributed by atoms with Crippen molar-refractivity contribution < 1.29 is 13.2 Å². The van der Waals surface area contributed by atoms with Gasteiger partial charge in [-0.15, -0.1) is 0 Å². The van der Waals surface area contributed by atoms with Gasteiger partial charge in [-0.3, -0.25) is 10.1 Å². The minimum absolute atomic E-state index is 0.563. The fourth-order valence-corrected chi connectivity index (χ4v) is 2.26. The van der Waals surface area contributed by atoms with E-state index in [9.17, 15) is 13.2 Å². The maximum absolute atomic E-state index is 11.8. The molecule has 1 atom stereocenters. The third kappa shape index (κ3) is 2.46. The minimum Gasteiger partial charge on any atom is -0.298 e. The molecule has 1 aliphatic rings. The first kappa shape index (κ1) is 12.0. The summed E-state index contributed by atoms with van der Waals surface area (Å²) < 4.78 is 26.4. The van der Waals surface area contributed by atoms with E-state index >= 15 is 0 Å². The number of nitrogens with one attached hydrogen (secondary N) is 3. The zero-order valence-corrected chi connectivity index (χ0v) is 10.0. The fraction of sp³-hybridized carbons (Fsp3) is 0.300. The van der Waals surface area contributed by atoms with Crippen molar-refractivity contribution in [3.8, 4) is 0 Å². The lowest BCUT2D eigenvalue weighted by Gasteiger charge is -2.12. The molecule has 6 nitrogen and oxygen atoms in total. The van der Waals surface area contributed by atoms with Crippen molar-refractivity contribution in [2.75, 3.05) is 7.05 Å². The molecule has 0 fully saturated rings. The predicted molar refractivity (Wildman–Crippen MR) is 62.1 cm³/mol. The molecular formula is C10H13N3O3S. The van der Waals surface area contributed by atoms with Gasteiger partial charge in [0.15, 0.2) is 0 Å². The van der Waals surface area contributed by atoms with Gasteiger partial charge >= 0.3 is 10.2 Å². The second kappa shape index (κ2) is 4.44. The van der Waals surface area contributed by atoms with Crippen molar-refractivity contribution in [1.29, 1.82) is 0 Å². The number of rotatable bonds is 3. The zero-order valence-electron chi connectivity index (χ0n) is 9.23. The highest BCUT2D eigenvalue weighted by Gasteiger charge is 2.29. The maximum Gasteiger partial charge on any atom is 0.301 e.